The molecular formula is C24H28FNO2. The Morgan fingerprint density at radius 2 is 1.93 bits per heavy atom. The van der Waals surface area contributed by atoms with Crippen molar-refractivity contribution in [3.8, 4) is 11.1 Å². The maximum Gasteiger partial charge on any atom is 0.229 e. The molecule has 4 heteroatoms. The van der Waals surface area contributed by atoms with E-state index in [1.54, 1.807) is 12.1 Å². The highest BCUT2D eigenvalue weighted by Gasteiger charge is 2.46. The zero-order valence-electron chi connectivity index (χ0n) is 16.7. The van der Waals surface area contributed by atoms with E-state index in [1.165, 1.54) is 11.6 Å². The van der Waals surface area contributed by atoms with Crippen molar-refractivity contribution in [3.63, 3.8) is 0 Å². The van der Waals surface area contributed by atoms with Crippen molar-refractivity contribution in [3.05, 3.63) is 53.8 Å². The molecule has 1 fully saturated rings. The third-order valence-corrected chi connectivity index (χ3v) is 6.34. The Morgan fingerprint density at radius 3 is 2.64 bits per heavy atom. The first-order valence-electron chi connectivity index (χ1n) is 10.3. The molecule has 0 aliphatic carbocycles. The van der Waals surface area contributed by atoms with Gasteiger partial charge in [0.1, 0.15) is 5.82 Å². The second kappa shape index (κ2) is 7.67. The Bertz CT molecular complexity index is 873. The van der Waals surface area contributed by atoms with E-state index in [1.807, 2.05) is 24.0 Å². The van der Waals surface area contributed by atoms with E-state index < -0.39 is 0 Å². The van der Waals surface area contributed by atoms with Crippen LogP contribution in [0.25, 0.3) is 11.1 Å². The number of amides is 1. The summed E-state index contributed by atoms with van der Waals surface area (Å²) in [7, 11) is 0. The summed E-state index contributed by atoms with van der Waals surface area (Å²) in [6.07, 6.45) is 3.74. The fourth-order valence-corrected chi connectivity index (χ4v) is 4.73. The molecule has 0 aromatic heterocycles. The van der Waals surface area contributed by atoms with Gasteiger partial charge in [0.25, 0.3) is 0 Å². The van der Waals surface area contributed by atoms with Crippen molar-refractivity contribution >= 4 is 11.6 Å². The van der Waals surface area contributed by atoms with Gasteiger partial charge in [-0.15, -0.1) is 0 Å². The summed E-state index contributed by atoms with van der Waals surface area (Å²) >= 11 is 0. The van der Waals surface area contributed by atoms with Crippen LogP contribution in [0.3, 0.4) is 0 Å². The number of rotatable bonds is 4. The minimum absolute atomic E-state index is 0.0238. The van der Waals surface area contributed by atoms with Crippen molar-refractivity contribution in [2.24, 2.45) is 5.92 Å². The number of anilines is 1. The van der Waals surface area contributed by atoms with Crippen LogP contribution in [0.15, 0.2) is 42.5 Å². The lowest BCUT2D eigenvalue weighted by atomic mass is 9.75. The number of carbonyl (C=O) groups is 1. The van der Waals surface area contributed by atoms with Crippen LogP contribution in [0.2, 0.25) is 0 Å². The maximum atomic E-state index is 13.7. The van der Waals surface area contributed by atoms with Crippen LogP contribution < -0.4 is 4.90 Å². The topological polar surface area (TPSA) is 29.5 Å². The summed E-state index contributed by atoms with van der Waals surface area (Å²) < 4.78 is 19.4. The van der Waals surface area contributed by atoms with Gasteiger partial charge in [0, 0.05) is 36.8 Å². The van der Waals surface area contributed by atoms with E-state index in [-0.39, 0.29) is 23.1 Å². The summed E-state index contributed by atoms with van der Waals surface area (Å²) in [6.45, 7) is 6.31. The minimum atomic E-state index is -0.232. The van der Waals surface area contributed by atoms with E-state index in [9.17, 15) is 9.18 Å². The zero-order valence-corrected chi connectivity index (χ0v) is 16.7. The standard InChI is InChI=1S/C24H28FNO2/c1-3-5-17(2)23(27)26-16-24(10-12-28-13-11-24)21-15-19(8-9-22(21)26)18-6-4-7-20(25)14-18/h4,6-9,14-15,17H,3,5,10-13,16H2,1-2H3/t17-/m0/s1. The smallest absolute Gasteiger partial charge is 0.229 e. The van der Waals surface area contributed by atoms with Crippen LogP contribution in [0, 0.1) is 11.7 Å². The molecule has 1 saturated heterocycles. The number of fused-ring (bicyclic) bond motifs is 2. The molecule has 0 saturated carbocycles. The second-order valence-electron chi connectivity index (χ2n) is 8.25. The van der Waals surface area contributed by atoms with Gasteiger partial charge in [-0.25, -0.2) is 4.39 Å². The van der Waals surface area contributed by atoms with E-state index in [2.05, 4.69) is 19.1 Å². The van der Waals surface area contributed by atoms with Crippen molar-refractivity contribution in [2.45, 2.75) is 44.9 Å². The first kappa shape index (κ1) is 19.1. The van der Waals surface area contributed by atoms with E-state index in [0.717, 1.165) is 62.3 Å². The highest BCUT2D eigenvalue weighted by molar-refractivity contribution is 5.98. The maximum absolute atomic E-state index is 13.7. The molecule has 148 valence electrons. The zero-order chi connectivity index (χ0) is 19.7. The molecule has 3 nitrogen and oxygen atoms in total. The van der Waals surface area contributed by atoms with Gasteiger partial charge in [-0.2, -0.15) is 0 Å². The molecule has 0 radical (unpaired) electrons. The van der Waals surface area contributed by atoms with E-state index >= 15 is 0 Å². The van der Waals surface area contributed by atoms with Gasteiger partial charge in [-0.1, -0.05) is 38.5 Å². The van der Waals surface area contributed by atoms with Gasteiger partial charge in [0.15, 0.2) is 0 Å². The summed E-state index contributed by atoms with van der Waals surface area (Å²) in [6, 6.07) is 12.9. The van der Waals surface area contributed by atoms with E-state index in [0.29, 0.717) is 0 Å². The highest BCUT2D eigenvalue weighted by Crippen LogP contribution is 2.48. The van der Waals surface area contributed by atoms with Gasteiger partial charge in [0.05, 0.1) is 0 Å². The number of hydrogen-bond acceptors (Lipinski definition) is 2. The normalized spacial score (nSPS) is 18.9. The van der Waals surface area contributed by atoms with Crippen LogP contribution in [-0.4, -0.2) is 25.7 Å². The molecule has 0 bridgehead atoms. The summed E-state index contributed by atoms with van der Waals surface area (Å²) in [4.78, 5) is 15.2. The van der Waals surface area contributed by atoms with Gasteiger partial charge < -0.3 is 9.64 Å². The van der Waals surface area contributed by atoms with Crippen molar-refractivity contribution < 1.29 is 13.9 Å². The fourth-order valence-electron chi connectivity index (χ4n) is 4.73. The molecule has 4 rings (SSSR count). The number of nitrogens with zero attached hydrogens (tertiary/aromatic N) is 1. The first-order chi connectivity index (χ1) is 13.5. The number of halogens is 1. The molecule has 1 atom stereocenters. The van der Waals surface area contributed by atoms with Crippen molar-refractivity contribution in [1.82, 2.24) is 0 Å². The summed E-state index contributed by atoms with van der Waals surface area (Å²) in [5, 5.41) is 0. The monoisotopic (exact) mass is 381 g/mol. The number of hydrogen-bond donors (Lipinski definition) is 0. The predicted molar refractivity (Wildman–Crippen MR) is 110 cm³/mol. The van der Waals surface area contributed by atoms with Crippen molar-refractivity contribution in [1.29, 1.82) is 0 Å². The Labute approximate surface area is 166 Å². The Balaban J connectivity index is 1.76. The van der Waals surface area contributed by atoms with Crippen LogP contribution in [-0.2, 0) is 14.9 Å². The quantitative estimate of drug-likeness (QED) is 0.717. The van der Waals surface area contributed by atoms with Gasteiger partial charge in [-0.3, -0.25) is 4.79 Å². The molecule has 28 heavy (non-hydrogen) atoms. The molecule has 2 aromatic carbocycles. The van der Waals surface area contributed by atoms with E-state index in [4.69, 9.17) is 4.74 Å². The van der Waals surface area contributed by atoms with Crippen LogP contribution in [0.5, 0.6) is 0 Å². The lowest BCUT2D eigenvalue weighted by Gasteiger charge is -2.34. The average Bonchev–Trinajstić information content (AvgIpc) is 3.01. The van der Waals surface area contributed by atoms with Gasteiger partial charge in [0.2, 0.25) is 5.91 Å². The lowest BCUT2D eigenvalue weighted by Crippen LogP contribution is -2.42. The molecule has 2 aromatic rings. The SMILES string of the molecule is CCC[C@H](C)C(=O)N1CC2(CCOCC2)c2cc(-c3cccc(F)c3)ccc21. The minimum Gasteiger partial charge on any atom is -0.381 e. The molecule has 1 spiro atoms. The van der Waals surface area contributed by atoms with Crippen LogP contribution >= 0.6 is 0 Å². The Kier molecular flexibility index (Phi) is 5.24. The third kappa shape index (κ3) is 3.35. The molecule has 2 aliphatic heterocycles. The lowest BCUT2D eigenvalue weighted by molar-refractivity contribution is -0.122. The Hall–Kier alpha value is -2.20. The molecule has 0 N–H and O–H groups in total. The molecular weight excluding hydrogens is 353 g/mol. The molecule has 1 amide bonds. The molecule has 2 aliphatic rings. The largest absolute Gasteiger partial charge is 0.381 e. The van der Waals surface area contributed by atoms with Crippen LogP contribution in [0.4, 0.5) is 10.1 Å². The summed E-state index contributed by atoms with van der Waals surface area (Å²) in [5.74, 6) is 0.00433. The van der Waals surface area contributed by atoms with Gasteiger partial charge >= 0.3 is 0 Å². The number of carbonyl (C=O) groups excluding carboxylic acids is 1. The highest BCUT2D eigenvalue weighted by atomic mass is 19.1. The fraction of sp³-hybridized carbons (Fsp3) is 0.458. The van der Waals surface area contributed by atoms with Crippen molar-refractivity contribution in [2.75, 3.05) is 24.7 Å². The number of ether oxygens (including phenoxy) is 1. The summed E-state index contributed by atoms with van der Waals surface area (Å²) in [5.41, 5.74) is 4.05. The molecule has 2 heterocycles. The predicted octanol–water partition coefficient (Wildman–Crippen LogP) is 5.32. The van der Waals surface area contributed by atoms with Crippen LogP contribution in [0.1, 0.15) is 45.1 Å². The average molecular weight is 381 g/mol. The van der Waals surface area contributed by atoms with Gasteiger partial charge in [-0.05, 0) is 60.2 Å². The first-order valence-corrected chi connectivity index (χ1v) is 10.3. The molecule has 0 unspecified atom stereocenters. The third-order valence-electron chi connectivity index (χ3n) is 6.34. The second-order valence-corrected chi connectivity index (χ2v) is 8.25. The Morgan fingerprint density at radius 1 is 1.18 bits per heavy atom. The number of benzene rings is 2.